The average Bonchev–Trinajstić information content (AvgIpc) is 2.88. The van der Waals surface area contributed by atoms with E-state index in [4.69, 9.17) is 4.42 Å². The largest absolute Gasteiger partial charge is 0.443 e. The van der Waals surface area contributed by atoms with E-state index in [2.05, 4.69) is 20.2 Å². The SMILES string of the molecule is c1n[nH]c(-c2ccc3ocnc3c2)n1. The molecule has 0 atom stereocenters. The van der Waals surface area contributed by atoms with Gasteiger partial charge in [-0.15, -0.1) is 0 Å². The van der Waals surface area contributed by atoms with Crippen molar-refractivity contribution in [2.75, 3.05) is 0 Å². The molecule has 3 aromatic rings. The minimum atomic E-state index is 0.731. The smallest absolute Gasteiger partial charge is 0.181 e. The molecular weight excluding hydrogens is 180 g/mol. The van der Waals surface area contributed by atoms with Crippen LogP contribution in [0.15, 0.2) is 35.3 Å². The van der Waals surface area contributed by atoms with Crippen LogP contribution in [0.1, 0.15) is 0 Å². The molecule has 0 saturated heterocycles. The molecule has 0 bridgehead atoms. The first-order valence-corrected chi connectivity index (χ1v) is 4.12. The van der Waals surface area contributed by atoms with E-state index in [1.807, 2.05) is 18.2 Å². The molecule has 0 saturated carbocycles. The van der Waals surface area contributed by atoms with Crippen molar-refractivity contribution in [2.45, 2.75) is 0 Å². The summed E-state index contributed by atoms with van der Waals surface area (Å²) in [7, 11) is 0. The summed E-state index contributed by atoms with van der Waals surface area (Å²) in [5.41, 5.74) is 2.54. The van der Waals surface area contributed by atoms with E-state index in [1.165, 1.54) is 12.7 Å². The Morgan fingerprint density at radius 1 is 1.21 bits per heavy atom. The Bertz CT molecular complexity index is 555. The van der Waals surface area contributed by atoms with Gasteiger partial charge >= 0.3 is 0 Å². The van der Waals surface area contributed by atoms with Crippen molar-refractivity contribution >= 4 is 11.1 Å². The van der Waals surface area contributed by atoms with Crippen LogP contribution in [0.2, 0.25) is 0 Å². The quantitative estimate of drug-likeness (QED) is 0.626. The Morgan fingerprint density at radius 3 is 3.07 bits per heavy atom. The summed E-state index contributed by atoms with van der Waals surface area (Å²) in [4.78, 5) is 8.11. The van der Waals surface area contributed by atoms with E-state index in [0.29, 0.717) is 0 Å². The van der Waals surface area contributed by atoms with Gasteiger partial charge in [-0.05, 0) is 18.2 Å². The third-order valence-corrected chi connectivity index (χ3v) is 2.02. The van der Waals surface area contributed by atoms with Crippen LogP contribution in [0.25, 0.3) is 22.5 Å². The molecule has 0 amide bonds. The number of aromatic nitrogens is 4. The summed E-state index contributed by atoms with van der Waals surface area (Å²) in [6.45, 7) is 0. The van der Waals surface area contributed by atoms with Crippen LogP contribution in [-0.4, -0.2) is 20.2 Å². The number of nitrogens with zero attached hydrogens (tertiary/aromatic N) is 3. The lowest BCUT2D eigenvalue weighted by Gasteiger charge is -1.93. The molecule has 68 valence electrons. The van der Waals surface area contributed by atoms with Crippen molar-refractivity contribution < 1.29 is 4.42 Å². The van der Waals surface area contributed by atoms with Gasteiger partial charge in [0.25, 0.3) is 0 Å². The second-order valence-corrected chi connectivity index (χ2v) is 2.87. The Kier molecular flexibility index (Phi) is 1.38. The van der Waals surface area contributed by atoms with Crippen molar-refractivity contribution in [1.82, 2.24) is 20.2 Å². The van der Waals surface area contributed by atoms with Gasteiger partial charge in [0.05, 0.1) is 0 Å². The minimum Gasteiger partial charge on any atom is -0.443 e. The molecule has 5 nitrogen and oxygen atoms in total. The molecule has 2 aromatic heterocycles. The van der Waals surface area contributed by atoms with E-state index in [0.717, 1.165) is 22.5 Å². The predicted molar refractivity (Wildman–Crippen MR) is 49.4 cm³/mol. The van der Waals surface area contributed by atoms with Crippen LogP contribution in [0.4, 0.5) is 0 Å². The zero-order valence-electron chi connectivity index (χ0n) is 7.14. The zero-order valence-corrected chi connectivity index (χ0v) is 7.14. The molecule has 3 rings (SSSR count). The number of hydrogen-bond acceptors (Lipinski definition) is 4. The summed E-state index contributed by atoms with van der Waals surface area (Å²) < 4.78 is 5.13. The van der Waals surface area contributed by atoms with Crippen molar-refractivity contribution in [3.05, 3.63) is 30.9 Å². The van der Waals surface area contributed by atoms with Gasteiger partial charge in [0.15, 0.2) is 17.8 Å². The maximum absolute atomic E-state index is 5.13. The van der Waals surface area contributed by atoms with Gasteiger partial charge in [0.1, 0.15) is 11.8 Å². The van der Waals surface area contributed by atoms with Crippen molar-refractivity contribution in [3.63, 3.8) is 0 Å². The van der Waals surface area contributed by atoms with Crippen LogP contribution in [0.3, 0.4) is 0 Å². The summed E-state index contributed by atoms with van der Waals surface area (Å²) in [6.07, 6.45) is 2.90. The molecule has 14 heavy (non-hydrogen) atoms. The summed E-state index contributed by atoms with van der Waals surface area (Å²) >= 11 is 0. The Balaban J connectivity index is 2.23. The predicted octanol–water partition coefficient (Wildman–Crippen LogP) is 1.61. The molecular formula is C9H6N4O. The first-order valence-electron chi connectivity index (χ1n) is 4.12. The number of fused-ring (bicyclic) bond motifs is 1. The molecule has 0 spiro atoms. The highest BCUT2D eigenvalue weighted by Gasteiger charge is 2.03. The molecule has 0 unspecified atom stereocenters. The van der Waals surface area contributed by atoms with Crippen LogP contribution < -0.4 is 0 Å². The normalized spacial score (nSPS) is 10.9. The highest BCUT2D eigenvalue weighted by atomic mass is 16.3. The maximum Gasteiger partial charge on any atom is 0.181 e. The zero-order chi connectivity index (χ0) is 9.38. The van der Waals surface area contributed by atoms with E-state index in [1.54, 1.807) is 0 Å². The molecule has 0 aliphatic rings. The lowest BCUT2D eigenvalue weighted by molar-refractivity contribution is 0.602. The fourth-order valence-corrected chi connectivity index (χ4v) is 1.35. The molecule has 5 heteroatoms. The molecule has 0 radical (unpaired) electrons. The third-order valence-electron chi connectivity index (χ3n) is 2.02. The van der Waals surface area contributed by atoms with E-state index < -0.39 is 0 Å². The summed E-state index contributed by atoms with van der Waals surface area (Å²) in [6, 6.07) is 5.67. The lowest BCUT2D eigenvalue weighted by Crippen LogP contribution is -1.80. The van der Waals surface area contributed by atoms with E-state index >= 15 is 0 Å². The molecule has 0 aliphatic carbocycles. The topological polar surface area (TPSA) is 67.6 Å². The van der Waals surface area contributed by atoms with Gasteiger partial charge in [-0.25, -0.2) is 9.97 Å². The number of H-pyrrole nitrogens is 1. The molecule has 1 N–H and O–H groups in total. The average molecular weight is 186 g/mol. The van der Waals surface area contributed by atoms with Gasteiger partial charge in [0.2, 0.25) is 0 Å². The lowest BCUT2D eigenvalue weighted by atomic mass is 10.2. The van der Waals surface area contributed by atoms with Gasteiger partial charge in [0, 0.05) is 5.56 Å². The minimum absolute atomic E-state index is 0.731. The van der Waals surface area contributed by atoms with Gasteiger partial charge in [-0.3, -0.25) is 5.10 Å². The van der Waals surface area contributed by atoms with Crippen molar-refractivity contribution in [2.24, 2.45) is 0 Å². The van der Waals surface area contributed by atoms with Gasteiger partial charge in [-0.1, -0.05) is 0 Å². The molecule has 0 fully saturated rings. The van der Waals surface area contributed by atoms with Gasteiger partial charge < -0.3 is 4.42 Å². The second-order valence-electron chi connectivity index (χ2n) is 2.87. The van der Waals surface area contributed by atoms with Crippen LogP contribution in [-0.2, 0) is 0 Å². The monoisotopic (exact) mass is 186 g/mol. The molecule has 1 aromatic carbocycles. The molecule has 0 aliphatic heterocycles. The Hall–Kier alpha value is -2.17. The molecule has 2 heterocycles. The number of oxazole rings is 1. The Morgan fingerprint density at radius 2 is 2.21 bits per heavy atom. The first-order chi connectivity index (χ1) is 6.93. The summed E-state index contributed by atoms with van der Waals surface area (Å²) in [5, 5.41) is 6.58. The standard InChI is InChI=1S/C9H6N4O/c1-2-8-7(11-5-14-8)3-6(1)9-10-4-12-13-9/h1-5H,(H,10,12,13). The number of hydrogen-bond donors (Lipinski definition) is 1. The third kappa shape index (κ3) is 0.990. The summed E-state index contributed by atoms with van der Waals surface area (Å²) in [5.74, 6) is 0.731. The van der Waals surface area contributed by atoms with E-state index in [-0.39, 0.29) is 0 Å². The maximum atomic E-state index is 5.13. The number of aromatic amines is 1. The van der Waals surface area contributed by atoms with Crippen LogP contribution in [0.5, 0.6) is 0 Å². The number of nitrogens with one attached hydrogen (secondary N) is 1. The van der Waals surface area contributed by atoms with Crippen LogP contribution in [0, 0.1) is 0 Å². The van der Waals surface area contributed by atoms with Gasteiger partial charge in [-0.2, -0.15) is 5.10 Å². The first kappa shape index (κ1) is 7.25. The highest BCUT2D eigenvalue weighted by Crippen LogP contribution is 2.19. The number of benzene rings is 1. The van der Waals surface area contributed by atoms with Crippen molar-refractivity contribution in [3.8, 4) is 11.4 Å². The fraction of sp³-hybridized carbons (Fsp3) is 0. The fourth-order valence-electron chi connectivity index (χ4n) is 1.35. The van der Waals surface area contributed by atoms with Crippen LogP contribution >= 0.6 is 0 Å². The number of rotatable bonds is 1. The Labute approximate surface area is 78.8 Å². The van der Waals surface area contributed by atoms with Crippen molar-refractivity contribution in [1.29, 1.82) is 0 Å². The second kappa shape index (κ2) is 2.66. The highest BCUT2D eigenvalue weighted by molar-refractivity contribution is 5.78. The van der Waals surface area contributed by atoms with E-state index in [9.17, 15) is 0 Å².